The molecule has 0 radical (unpaired) electrons. The second kappa shape index (κ2) is 6.55. The van der Waals surface area contributed by atoms with Crippen LogP contribution in [0.3, 0.4) is 0 Å². The average molecular weight is 331 g/mol. The number of rotatable bonds is 4. The zero-order chi connectivity index (χ0) is 15.4. The molecule has 0 aliphatic heterocycles. The molecule has 2 heterocycles. The van der Waals surface area contributed by atoms with Gasteiger partial charge in [-0.15, -0.1) is 0 Å². The first kappa shape index (κ1) is 14.5. The first-order valence-electron chi connectivity index (χ1n) is 6.42. The van der Waals surface area contributed by atoms with Crippen molar-refractivity contribution >= 4 is 36.1 Å². The van der Waals surface area contributed by atoms with Gasteiger partial charge in [-0.1, -0.05) is 11.6 Å². The number of allylic oxidation sites excluding steroid dienone is 1. The third kappa shape index (κ3) is 3.24. The average Bonchev–Trinajstić information content (AvgIpc) is 3.15. The van der Waals surface area contributed by atoms with Gasteiger partial charge in [-0.3, -0.25) is 0 Å². The molecule has 0 fully saturated rings. The van der Waals surface area contributed by atoms with Crippen LogP contribution in [0.15, 0.2) is 58.3 Å². The van der Waals surface area contributed by atoms with Crippen LogP contribution in [0, 0.1) is 4.77 Å². The van der Waals surface area contributed by atoms with Crippen LogP contribution in [0.1, 0.15) is 5.76 Å². The minimum absolute atomic E-state index is 0.410. The quantitative estimate of drug-likeness (QED) is 0.569. The lowest BCUT2D eigenvalue weighted by atomic mass is 10.2. The molecule has 0 bridgehead atoms. The molecule has 0 amide bonds. The molecule has 3 aromatic rings. The molecule has 2 aromatic heterocycles. The van der Waals surface area contributed by atoms with E-state index in [1.165, 1.54) is 0 Å². The summed E-state index contributed by atoms with van der Waals surface area (Å²) >= 11 is 11.1. The summed E-state index contributed by atoms with van der Waals surface area (Å²) < 4.78 is 7.15. The van der Waals surface area contributed by atoms with Crippen LogP contribution in [0.2, 0.25) is 5.02 Å². The lowest BCUT2D eigenvalue weighted by Gasteiger charge is -2.00. The smallest absolute Gasteiger partial charge is 0.216 e. The fourth-order valence-corrected chi connectivity index (χ4v) is 2.12. The zero-order valence-corrected chi connectivity index (χ0v) is 12.9. The Morgan fingerprint density at radius 3 is 2.82 bits per heavy atom. The standard InChI is InChI=1S/C15H11ClN4OS/c16-12-7-5-11(6-8-12)14-18-19-15(22)20(14)17-9-1-3-13-4-2-10-21-13/h1-10H,(H,19,22)/b3-1+,17-9-. The van der Waals surface area contributed by atoms with Crippen LogP contribution in [-0.2, 0) is 0 Å². The molecular formula is C15H11ClN4OS. The van der Waals surface area contributed by atoms with Gasteiger partial charge in [0.15, 0.2) is 5.82 Å². The van der Waals surface area contributed by atoms with E-state index in [0.29, 0.717) is 15.6 Å². The maximum atomic E-state index is 5.89. The number of nitrogens with one attached hydrogen (secondary N) is 1. The van der Waals surface area contributed by atoms with Crippen molar-refractivity contribution in [3.05, 3.63) is 64.3 Å². The molecule has 7 heteroatoms. The van der Waals surface area contributed by atoms with Crippen molar-refractivity contribution in [3.8, 4) is 11.4 Å². The summed E-state index contributed by atoms with van der Waals surface area (Å²) in [7, 11) is 0. The highest BCUT2D eigenvalue weighted by atomic mass is 35.5. The highest BCUT2D eigenvalue weighted by molar-refractivity contribution is 7.71. The van der Waals surface area contributed by atoms with Gasteiger partial charge in [0.2, 0.25) is 4.77 Å². The summed E-state index contributed by atoms with van der Waals surface area (Å²) in [5, 5.41) is 11.9. The highest BCUT2D eigenvalue weighted by Crippen LogP contribution is 2.19. The summed E-state index contributed by atoms with van der Waals surface area (Å²) in [5.74, 6) is 1.37. The van der Waals surface area contributed by atoms with E-state index < -0.39 is 0 Å². The molecule has 3 rings (SSSR count). The number of hydrogen-bond donors (Lipinski definition) is 1. The molecule has 0 spiro atoms. The van der Waals surface area contributed by atoms with Gasteiger partial charge < -0.3 is 4.42 Å². The van der Waals surface area contributed by atoms with Crippen molar-refractivity contribution in [2.75, 3.05) is 0 Å². The Kier molecular flexibility index (Phi) is 4.32. The van der Waals surface area contributed by atoms with E-state index in [1.807, 2.05) is 24.3 Å². The molecule has 22 heavy (non-hydrogen) atoms. The molecule has 0 aliphatic rings. The van der Waals surface area contributed by atoms with E-state index in [-0.39, 0.29) is 0 Å². The molecule has 0 aliphatic carbocycles. The van der Waals surface area contributed by atoms with Gasteiger partial charge in [0.25, 0.3) is 0 Å². The Bertz CT molecular complexity index is 860. The molecule has 5 nitrogen and oxygen atoms in total. The van der Waals surface area contributed by atoms with E-state index in [9.17, 15) is 0 Å². The molecule has 110 valence electrons. The molecule has 1 aromatic carbocycles. The topological polar surface area (TPSA) is 59.1 Å². The van der Waals surface area contributed by atoms with Gasteiger partial charge in [0.05, 0.1) is 6.26 Å². The molecular weight excluding hydrogens is 320 g/mol. The minimum atomic E-state index is 0.410. The van der Waals surface area contributed by atoms with Crippen molar-refractivity contribution < 1.29 is 4.42 Å². The number of nitrogens with zero attached hydrogens (tertiary/aromatic N) is 3. The Morgan fingerprint density at radius 1 is 1.27 bits per heavy atom. The Balaban J connectivity index is 1.86. The zero-order valence-electron chi connectivity index (χ0n) is 11.3. The number of H-pyrrole nitrogens is 1. The summed E-state index contributed by atoms with van der Waals surface area (Å²) in [5.41, 5.74) is 0.865. The monoisotopic (exact) mass is 330 g/mol. The second-order valence-electron chi connectivity index (χ2n) is 4.31. The van der Waals surface area contributed by atoms with E-state index in [1.54, 1.807) is 41.4 Å². The summed E-state index contributed by atoms with van der Waals surface area (Å²) in [4.78, 5) is 0. The first-order chi connectivity index (χ1) is 10.7. The predicted molar refractivity (Wildman–Crippen MR) is 89.5 cm³/mol. The number of halogens is 1. The lowest BCUT2D eigenvalue weighted by molar-refractivity contribution is 0.557. The van der Waals surface area contributed by atoms with Crippen molar-refractivity contribution in [3.63, 3.8) is 0 Å². The normalized spacial score (nSPS) is 11.7. The fourth-order valence-electron chi connectivity index (χ4n) is 1.81. The van der Waals surface area contributed by atoms with Crippen LogP contribution >= 0.6 is 23.8 Å². The van der Waals surface area contributed by atoms with Crippen LogP contribution in [0.4, 0.5) is 0 Å². The third-order valence-electron chi connectivity index (χ3n) is 2.82. The van der Waals surface area contributed by atoms with Crippen LogP contribution < -0.4 is 0 Å². The van der Waals surface area contributed by atoms with Crippen molar-refractivity contribution in [1.29, 1.82) is 0 Å². The summed E-state index contributed by atoms with van der Waals surface area (Å²) in [6.07, 6.45) is 6.79. The van der Waals surface area contributed by atoms with Crippen LogP contribution in [-0.4, -0.2) is 21.1 Å². The van der Waals surface area contributed by atoms with E-state index in [2.05, 4.69) is 15.3 Å². The van der Waals surface area contributed by atoms with Gasteiger partial charge in [-0.25, -0.2) is 5.10 Å². The first-order valence-corrected chi connectivity index (χ1v) is 7.20. The summed E-state index contributed by atoms with van der Waals surface area (Å²) in [6.45, 7) is 0. The minimum Gasteiger partial charge on any atom is -0.465 e. The molecule has 1 N–H and O–H groups in total. The van der Waals surface area contributed by atoms with Crippen molar-refractivity contribution in [1.82, 2.24) is 14.9 Å². The number of furan rings is 1. The van der Waals surface area contributed by atoms with Crippen LogP contribution in [0.5, 0.6) is 0 Å². The number of aromatic nitrogens is 3. The van der Waals surface area contributed by atoms with E-state index in [4.69, 9.17) is 28.2 Å². The van der Waals surface area contributed by atoms with Gasteiger partial charge in [-0.05, 0) is 60.8 Å². The maximum absolute atomic E-state index is 5.89. The molecule has 0 saturated carbocycles. The molecule has 0 unspecified atom stereocenters. The number of aromatic amines is 1. The highest BCUT2D eigenvalue weighted by Gasteiger charge is 2.07. The van der Waals surface area contributed by atoms with Crippen LogP contribution in [0.25, 0.3) is 17.5 Å². The Morgan fingerprint density at radius 2 is 2.09 bits per heavy atom. The van der Waals surface area contributed by atoms with Gasteiger partial charge >= 0.3 is 0 Å². The SMILES string of the molecule is S=c1[nH]nc(-c2ccc(Cl)cc2)n1/N=C\C=C\c1ccco1. The van der Waals surface area contributed by atoms with Gasteiger partial charge in [-0.2, -0.15) is 14.9 Å². The molecule has 0 atom stereocenters. The lowest BCUT2D eigenvalue weighted by Crippen LogP contribution is -1.93. The van der Waals surface area contributed by atoms with E-state index >= 15 is 0 Å². The van der Waals surface area contributed by atoms with Crippen molar-refractivity contribution in [2.45, 2.75) is 0 Å². The fraction of sp³-hybridized carbons (Fsp3) is 0. The summed E-state index contributed by atoms with van der Waals surface area (Å²) in [6, 6.07) is 11.0. The second-order valence-corrected chi connectivity index (χ2v) is 5.13. The predicted octanol–water partition coefficient (Wildman–Crippen LogP) is 4.40. The van der Waals surface area contributed by atoms with E-state index in [0.717, 1.165) is 11.3 Å². The Hall–Kier alpha value is -2.44. The Labute approximate surface area is 136 Å². The maximum Gasteiger partial charge on any atom is 0.216 e. The number of hydrogen-bond acceptors (Lipinski definition) is 4. The van der Waals surface area contributed by atoms with Crippen molar-refractivity contribution in [2.24, 2.45) is 5.10 Å². The van der Waals surface area contributed by atoms with Gasteiger partial charge in [0.1, 0.15) is 5.76 Å². The molecule has 0 saturated heterocycles. The van der Waals surface area contributed by atoms with Gasteiger partial charge in [0, 0.05) is 16.8 Å². The number of benzene rings is 1. The largest absolute Gasteiger partial charge is 0.465 e. The third-order valence-corrected chi connectivity index (χ3v) is 3.34.